The van der Waals surface area contributed by atoms with Crippen LogP contribution in [0.5, 0.6) is 0 Å². The highest BCUT2D eigenvalue weighted by molar-refractivity contribution is 5.73. The molecule has 1 unspecified atom stereocenters. The van der Waals surface area contributed by atoms with Crippen molar-refractivity contribution < 1.29 is 9.90 Å². The van der Waals surface area contributed by atoms with E-state index < -0.39 is 5.60 Å². The summed E-state index contributed by atoms with van der Waals surface area (Å²) in [7, 11) is 0. The van der Waals surface area contributed by atoms with E-state index in [2.05, 4.69) is 16.1 Å². The molecule has 3 heterocycles. The third-order valence-electron chi connectivity index (χ3n) is 4.81. The van der Waals surface area contributed by atoms with Crippen molar-refractivity contribution in [3.05, 3.63) is 18.0 Å². The molecule has 0 aliphatic carbocycles. The number of carbonyl (C=O) groups is 1. The van der Waals surface area contributed by atoms with E-state index in [1.807, 2.05) is 4.68 Å². The predicted octanol–water partition coefficient (Wildman–Crippen LogP) is 0.375. The van der Waals surface area contributed by atoms with Gasteiger partial charge >= 0.3 is 0 Å². The first-order valence-corrected chi connectivity index (χ1v) is 8.14. The fourth-order valence-electron chi connectivity index (χ4n) is 3.52. The molecule has 0 saturated carbocycles. The van der Waals surface area contributed by atoms with Crippen molar-refractivity contribution in [3.63, 3.8) is 0 Å². The van der Waals surface area contributed by atoms with Gasteiger partial charge in [0.2, 0.25) is 5.91 Å². The summed E-state index contributed by atoms with van der Waals surface area (Å²) in [5, 5.41) is 24.0. The van der Waals surface area contributed by atoms with Crippen molar-refractivity contribution in [1.29, 1.82) is 5.26 Å². The van der Waals surface area contributed by atoms with Crippen molar-refractivity contribution in [3.8, 4) is 6.07 Å². The standard InChI is InChI=1S/C16H23N5O2/c1-13(22)20-5-3-2-4-16(23,12-20)11-19-9-15(10-19)21-8-14(6-17)7-18-21/h7-8,15,23H,2-5,9-12H2,1H3. The van der Waals surface area contributed by atoms with Gasteiger partial charge in [0.05, 0.1) is 29.9 Å². The van der Waals surface area contributed by atoms with Crippen LogP contribution in [0, 0.1) is 11.3 Å². The van der Waals surface area contributed by atoms with Gasteiger partial charge in [0.15, 0.2) is 0 Å². The SMILES string of the molecule is CC(=O)N1CCCCC(O)(CN2CC(n3cc(C#N)cn3)C2)C1. The molecule has 0 aromatic carbocycles. The smallest absolute Gasteiger partial charge is 0.219 e. The molecule has 0 bridgehead atoms. The van der Waals surface area contributed by atoms with E-state index in [-0.39, 0.29) is 11.9 Å². The van der Waals surface area contributed by atoms with E-state index in [9.17, 15) is 9.90 Å². The molecular weight excluding hydrogens is 294 g/mol. The summed E-state index contributed by atoms with van der Waals surface area (Å²) in [6, 6.07) is 2.34. The number of β-amino-alcohol motifs (C(OH)–C–C–N with tert-alkyl or cyclic N) is 1. The van der Waals surface area contributed by atoms with Gasteiger partial charge in [-0.25, -0.2) is 0 Å². The lowest BCUT2D eigenvalue weighted by molar-refractivity contribution is -0.133. The molecule has 124 valence electrons. The number of aromatic nitrogens is 2. The second-order valence-corrected chi connectivity index (χ2v) is 6.79. The first-order chi connectivity index (χ1) is 11.0. The quantitative estimate of drug-likeness (QED) is 0.871. The molecular formula is C16H23N5O2. The molecule has 0 spiro atoms. The van der Waals surface area contributed by atoms with E-state index in [0.29, 0.717) is 18.7 Å². The average Bonchev–Trinajstić information content (AvgIpc) is 2.85. The van der Waals surface area contributed by atoms with Gasteiger partial charge in [-0.2, -0.15) is 10.4 Å². The second-order valence-electron chi connectivity index (χ2n) is 6.79. The molecule has 23 heavy (non-hydrogen) atoms. The van der Waals surface area contributed by atoms with Crippen molar-refractivity contribution in [2.24, 2.45) is 0 Å². The summed E-state index contributed by atoms with van der Waals surface area (Å²) < 4.78 is 1.83. The third-order valence-corrected chi connectivity index (χ3v) is 4.81. The van der Waals surface area contributed by atoms with Gasteiger partial charge in [0, 0.05) is 39.3 Å². The zero-order valence-corrected chi connectivity index (χ0v) is 13.5. The number of nitrogens with zero attached hydrogens (tertiary/aromatic N) is 5. The second kappa shape index (κ2) is 6.30. The molecule has 1 aromatic heterocycles. The van der Waals surface area contributed by atoms with Gasteiger partial charge in [-0.15, -0.1) is 0 Å². The highest BCUT2D eigenvalue weighted by Crippen LogP contribution is 2.27. The number of likely N-dealkylation sites (tertiary alicyclic amines) is 2. The van der Waals surface area contributed by atoms with Crippen LogP contribution in [0.3, 0.4) is 0 Å². The highest BCUT2D eigenvalue weighted by atomic mass is 16.3. The maximum atomic E-state index is 11.6. The van der Waals surface area contributed by atoms with Gasteiger partial charge < -0.3 is 10.0 Å². The minimum absolute atomic E-state index is 0.0346. The molecule has 2 aliphatic rings. The first kappa shape index (κ1) is 16.0. The Bertz CT molecular complexity index is 616. The first-order valence-electron chi connectivity index (χ1n) is 8.14. The molecule has 3 rings (SSSR count). The largest absolute Gasteiger partial charge is 0.387 e. The third kappa shape index (κ3) is 3.54. The number of rotatable bonds is 3. The Balaban J connectivity index is 1.55. The van der Waals surface area contributed by atoms with E-state index in [4.69, 9.17) is 5.26 Å². The normalized spacial score (nSPS) is 26.4. The Morgan fingerprint density at radius 3 is 2.96 bits per heavy atom. The summed E-state index contributed by atoms with van der Waals surface area (Å²) in [6.45, 7) is 4.94. The maximum absolute atomic E-state index is 11.6. The zero-order chi connectivity index (χ0) is 16.4. The van der Waals surface area contributed by atoms with Crippen molar-refractivity contribution >= 4 is 5.91 Å². The topological polar surface area (TPSA) is 85.4 Å². The Morgan fingerprint density at radius 2 is 2.30 bits per heavy atom. The van der Waals surface area contributed by atoms with Crippen molar-refractivity contribution in [2.75, 3.05) is 32.7 Å². The average molecular weight is 317 g/mol. The minimum Gasteiger partial charge on any atom is -0.387 e. The minimum atomic E-state index is -0.824. The van der Waals surface area contributed by atoms with Gasteiger partial charge in [-0.05, 0) is 19.3 Å². The van der Waals surface area contributed by atoms with Crippen LogP contribution in [0.25, 0.3) is 0 Å². The molecule has 1 amide bonds. The number of hydrogen-bond donors (Lipinski definition) is 1. The Labute approximate surface area is 136 Å². The van der Waals surface area contributed by atoms with Crippen LogP contribution in [-0.4, -0.2) is 68.9 Å². The van der Waals surface area contributed by atoms with Gasteiger partial charge in [-0.3, -0.25) is 14.4 Å². The Morgan fingerprint density at radius 1 is 1.52 bits per heavy atom. The summed E-state index contributed by atoms with van der Waals surface area (Å²) >= 11 is 0. The summed E-state index contributed by atoms with van der Waals surface area (Å²) in [4.78, 5) is 15.6. The van der Waals surface area contributed by atoms with Crippen LogP contribution >= 0.6 is 0 Å². The lowest BCUT2D eigenvalue weighted by atomic mass is 9.94. The highest BCUT2D eigenvalue weighted by Gasteiger charge is 2.38. The summed E-state index contributed by atoms with van der Waals surface area (Å²) in [6.07, 6.45) is 5.97. The number of carbonyl (C=O) groups excluding carboxylic acids is 1. The van der Waals surface area contributed by atoms with Crippen LogP contribution in [0.15, 0.2) is 12.4 Å². The monoisotopic (exact) mass is 317 g/mol. The fraction of sp³-hybridized carbons (Fsp3) is 0.688. The fourth-order valence-corrected chi connectivity index (χ4v) is 3.52. The Kier molecular flexibility index (Phi) is 4.37. The summed E-state index contributed by atoms with van der Waals surface area (Å²) in [5.74, 6) is 0.0346. The zero-order valence-electron chi connectivity index (χ0n) is 13.5. The molecule has 1 aromatic rings. The predicted molar refractivity (Wildman–Crippen MR) is 83.5 cm³/mol. The van der Waals surface area contributed by atoms with Gasteiger partial charge in [-0.1, -0.05) is 0 Å². The van der Waals surface area contributed by atoms with Crippen LogP contribution in [-0.2, 0) is 4.79 Å². The van der Waals surface area contributed by atoms with Gasteiger partial charge in [0.25, 0.3) is 0 Å². The summed E-state index contributed by atoms with van der Waals surface area (Å²) in [5.41, 5.74) is -0.252. The van der Waals surface area contributed by atoms with Crippen LogP contribution < -0.4 is 0 Å². The molecule has 2 fully saturated rings. The molecule has 1 atom stereocenters. The van der Waals surface area contributed by atoms with Crippen LogP contribution in [0.1, 0.15) is 37.8 Å². The van der Waals surface area contributed by atoms with Crippen molar-refractivity contribution in [2.45, 2.75) is 37.8 Å². The van der Waals surface area contributed by atoms with E-state index in [1.54, 1.807) is 24.2 Å². The Hall–Kier alpha value is -1.91. The number of aliphatic hydroxyl groups is 1. The van der Waals surface area contributed by atoms with E-state index in [1.165, 1.54) is 0 Å². The van der Waals surface area contributed by atoms with Gasteiger partial charge in [0.1, 0.15) is 6.07 Å². The number of nitriles is 1. The number of amides is 1. The molecule has 7 nitrogen and oxygen atoms in total. The number of hydrogen-bond acceptors (Lipinski definition) is 5. The lowest BCUT2D eigenvalue weighted by Gasteiger charge is -2.44. The molecule has 2 saturated heterocycles. The molecule has 0 radical (unpaired) electrons. The molecule has 7 heteroatoms. The molecule has 2 aliphatic heterocycles. The van der Waals surface area contributed by atoms with E-state index in [0.717, 1.165) is 38.9 Å². The van der Waals surface area contributed by atoms with Crippen LogP contribution in [0.2, 0.25) is 0 Å². The van der Waals surface area contributed by atoms with Crippen LogP contribution in [0.4, 0.5) is 0 Å². The molecule has 1 N–H and O–H groups in total. The lowest BCUT2D eigenvalue weighted by Crippen LogP contribution is -2.57. The van der Waals surface area contributed by atoms with Crippen molar-refractivity contribution in [1.82, 2.24) is 19.6 Å². The maximum Gasteiger partial charge on any atom is 0.219 e. The van der Waals surface area contributed by atoms with E-state index >= 15 is 0 Å².